The number of allylic oxidation sites excluding steroid dienone is 6. The Morgan fingerprint density at radius 1 is 1.12 bits per heavy atom. The first-order valence-electron chi connectivity index (χ1n) is 6.44. The summed E-state index contributed by atoms with van der Waals surface area (Å²) in [6.45, 7) is 10.4. The smallest absolute Gasteiger partial charge is 0.161 e. The SMILES string of the molecule is CCC(C)(C)C(=O)/C=C/C=C/C=C/CC(C)C. The summed E-state index contributed by atoms with van der Waals surface area (Å²) >= 11 is 0. The monoisotopic (exact) mass is 234 g/mol. The molecule has 0 atom stereocenters. The van der Waals surface area contributed by atoms with Crippen LogP contribution < -0.4 is 0 Å². The minimum absolute atomic E-state index is 0.191. The van der Waals surface area contributed by atoms with Gasteiger partial charge in [-0.05, 0) is 24.8 Å². The van der Waals surface area contributed by atoms with Crippen molar-refractivity contribution < 1.29 is 4.79 Å². The van der Waals surface area contributed by atoms with Gasteiger partial charge in [-0.25, -0.2) is 0 Å². The van der Waals surface area contributed by atoms with Gasteiger partial charge in [-0.1, -0.05) is 65.0 Å². The predicted molar refractivity (Wildman–Crippen MR) is 76.0 cm³/mol. The third-order valence-electron chi connectivity index (χ3n) is 2.88. The molecule has 96 valence electrons. The van der Waals surface area contributed by atoms with Gasteiger partial charge in [-0.3, -0.25) is 4.79 Å². The second kappa shape index (κ2) is 8.05. The summed E-state index contributed by atoms with van der Waals surface area (Å²) in [6, 6.07) is 0. The number of hydrogen-bond acceptors (Lipinski definition) is 1. The zero-order valence-electron chi connectivity index (χ0n) is 11.9. The van der Waals surface area contributed by atoms with E-state index in [9.17, 15) is 4.79 Å². The van der Waals surface area contributed by atoms with Gasteiger partial charge in [0.1, 0.15) is 0 Å². The number of ketones is 1. The van der Waals surface area contributed by atoms with E-state index < -0.39 is 0 Å². The molecule has 0 spiro atoms. The fourth-order valence-electron chi connectivity index (χ4n) is 1.10. The van der Waals surface area contributed by atoms with Gasteiger partial charge in [-0.2, -0.15) is 0 Å². The highest BCUT2D eigenvalue weighted by Crippen LogP contribution is 2.21. The Balaban J connectivity index is 4.07. The van der Waals surface area contributed by atoms with Gasteiger partial charge in [0.2, 0.25) is 0 Å². The van der Waals surface area contributed by atoms with E-state index in [1.165, 1.54) is 0 Å². The second-order valence-corrected chi connectivity index (χ2v) is 5.40. The third kappa shape index (κ3) is 7.73. The van der Waals surface area contributed by atoms with Gasteiger partial charge >= 0.3 is 0 Å². The first kappa shape index (κ1) is 15.9. The van der Waals surface area contributed by atoms with Crippen molar-refractivity contribution in [3.8, 4) is 0 Å². The third-order valence-corrected chi connectivity index (χ3v) is 2.88. The molecule has 1 heteroatoms. The molecule has 0 aliphatic carbocycles. The molecule has 0 aliphatic heterocycles. The molecule has 17 heavy (non-hydrogen) atoms. The van der Waals surface area contributed by atoms with Crippen LogP contribution in [0.5, 0.6) is 0 Å². The van der Waals surface area contributed by atoms with Crippen molar-refractivity contribution in [1.29, 1.82) is 0 Å². The van der Waals surface area contributed by atoms with E-state index in [0.29, 0.717) is 5.92 Å². The molecule has 0 fully saturated rings. The van der Waals surface area contributed by atoms with Crippen molar-refractivity contribution in [3.05, 3.63) is 36.5 Å². The first-order chi connectivity index (χ1) is 7.90. The normalized spacial score (nSPS) is 13.5. The average Bonchev–Trinajstić information content (AvgIpc) is 2.27. The van der Waals surface area contributed by atoms with Crippen LogP contribution in [0.4, 0.5) is 0 Å². The molecule has 0 heterocycles. The zero-order chi connectivity index (χ0) is 13.3. The van der Waals surface area contributed by atoms with E-state index in [2.05, 4.69) is 19.9 Å². The molecule has 0 N–H and O–H groups in total. The van der Waals surface area contributed by atoms with Crippen LogP contribution in [-0.2, 0) is 4.79 Å². The maximum absolute atomic E-state index is 11.7. The molecule has 0 unspecified atom stereocenters. The van der Waals surface area contributed by atoms with Crippen molar-refractivity contribution in [2.24, 2.45) is 11.3 Å². The molecular formula is C16H26O. The van der Waals surface area contributed by atoms with Crippen molar-refractivity contribution in [2.45, 2.75) is 47.5 Å². The van der Waals surface area contributed by atoms with Gasteiger partial charge in [-0.15, -0.1) is 0 Å². The Morgan fingerprint density at radius 2 is 1.71 bits per heavy atom. The van der Waals surface area contributed by atoms with Crippen LogP contribution in [0.25, 0.3) is 0 Å². The van der Waals surface area contributed by atoms with Crippen molar-refractivity contribution >= 4 is 5.78 Å². The topological polar surface area (TPSA) is 17.1 Å². The largest absolute Gasteiger partial charge is 0.294 e. The Morgan fingerprint density at radius 3 is 2.24 bits per heavy atom. The molecule has 0 radical (unpaired) electrons. The maximum Gasteiger partial charge on any atom is 0.161 e. The molecule has 0 aliphatic rings. The van der Waals surface area contributed by atoms with Crippen LogP contribution in [0.2, 0.25) is 0 Å². The Bertz CT molecular complexity index is 303. The van der Waals surface area contributed by atoms with Gasteiger partial charge in [0.25, 0.3) is 0 Å². The fourth-order valence-corrected chi connectivity index (χ4v) is 1.10. The second-order valence-electron chi connectivity index (χ2n) is 5.40. The van der Waals surface area contributed by atoms with E-state index in [4.69, 9.17) is 0 Å². The number of carbonyl (C=O) groups is 1. The van der Waals surface area contributed by atoms with E-state index in [1.54, 1.807) is 6.08 Å². The molecule has 0 aromatic heterocycles. The summed E-state index contributed by atoms with van der Waals surface area (Å²) in [4.78, 5) is 11.7. The molecule has 0 rings (SSSR count). The Hall–Kier alpha value is -1.11. The number of hydrogen-bond donors (Lipinski definition) is 0. The highest BCUT2D eigenvalue weighted by atomic mass is 16.1. The maximum atomic E-state index is 11.7. The summed E-state index contributed by atoms with van der Waals surface area (Å²) in [7, 11) is 0. The van der Waals surface area contributed by atoms with Gasteiger partial charge in [0.15, 0.2) is 5.78 Å². The van der Waals surface area contributed by atoms with Gasteiger partial charge < -0.3 is 0 Å². The summed E-state index contributed by atoms with van der Waals surface area (Å²) < 4.78 is 0. The highest BCUT2D eigenvalue weighted by molar-refractivity contribution is 5.94. The van der Waals surface area contributed by atoms with Crippen LogP contribution in [-0.4, -0.2) is 5.78 Å². The van der Waals surface area contributed by atoms with Crippen LogP contribution in [0, 0.1) is 11.3 Å². The van der Waals surface area contributed by atoms with Crippen LogP contribution in [0.15, 0.2) is 36.5 Å². The quantitative estimate of drug-likeness (QED) is 0.460. The molecule has 0 amide bonds. The standard InChI is InChI=1S/C16H26O/c1-6-16(4,5)15(17)13-11-9-7-8-10-12-14(2)3/h7-11,13-14H,6,12H2,1-5H3/b9-7+,10-8+,13-11+. The van der Waals surface area contributed by atoms with Crippen LogP contribution >= 0.6 is 0 Å². The lowest BCUT2D eigenvalue weighted by Gasteiger charge is -2.17. The minimum atomic E-state index is -0.238. The van der Waals surface area contributed by atoms with Gasteiger partial charge in [0.05, 0.1) is 0 Å². The lowest BCUT2D eigenvalue weighted by Crippen LogP contribution is -2.20. The lowest BCUT2D eigenvalue weighted by molar-refractivity contribution is -0.122. The van der Waals surface area contributed by atoms with Crippen molar-refractivity contribution in [2.75, 3.05) is 0 Å². The molecule has 0 aromatic rings. The number of carbonyl (C=O) groups excluding carboxylic acids is 1. The summed E-state index contributed by atoms with van der Waals surface area (Å²) in [5, 5.41) is 0. The Labute approximate surface area is 106 Å². The molecule has 1 nitrogen and oxygen atoms in total. The van der Waals surface area contributed by atoms with E-state index >= 15 is 0 Å². The van der Waals surface area contributed by atoms with Gasteiger partial charge in [0, 0.05) is 5.41 Å². The molecule has 0 saturated carbocycles. The van der Waals surface area contributed by atoms with Crippen molar-refractivity contribution in [1.82, 2.24) is 0 Å². The van der Waals surface area contributed by atoms with Crippen LogP contribution in [0.1, 0.15) is 47.5 Å². The fraction of sp³-hybridized carbons (Fsp3) is 0.562. The lowest BCUT2D eigenvalue weighted by atomic mass is 9.85. The number of rotatable bonds is 7. The molecule has 0 bridgehead atoms. The van der Waals surface area contributed by atoms with E-state index in [-0.39, 0.29) is 11.2 Å². The summed E-state index contributed by atoms with van der Waals surface area (Å²) in [5.74, 6) is 0.887. The average molecular weight is 234 g/mol. The summed E-state index contributed by atoms with van der Waals surface area (Å²) in [5.41, 5.74) is -0.238. The Kier molecular flexibility index (Phi) is 7.53. The molecule has 0 saturated heterocycles. The van der Waals surface area contributed by atoms with E-state index in [1.807, 2.05) is 45.1 Å². The van der Waals surface area contributed by atoms with E-state index in [0.717, 1.165) is 12.8 Å². The minimum Gasteiger partial charge on any atom is -0.294 e. The molecular weight excluding hydrogens is 208 g/mol. The summed E-state index contributed by atoms with van der Waals surface area (Å²) in [6.07, 6.45) is 13.5. The molecule has 0 aromatic carbocycles. The predicted octanol–water partition coefficient (Wildman–Crippen LogP) is 4.71. The zero-order valence-corrected chi connectivity index (χ0v) is 11.9. The van der Waals surface area contributed by atoms with Crippen LogP contribution in [0.3, 0.4) is 0 Å². The van der Waals surface area contributed by atoms with Crippen molar-refractivity contribution in [3.63, 3.8) is 0 Å². The highest BCUT2D eigenvalue weighted by Gasteiger charge is 2.21. The first-order valence-corrected chi connectivity index (χ1v) is 6.44.